The first kappa shape index (κ1) is 15.5. The van der Waals surface area contributed by atoms with Gasteiger partial charge in [-0.05, 0) is 19.1 Å². The van der Waals surface area contributed by atoms with Gasteiger partial charge in [-0.3, -0.25) is 4.79 Å². The highest BCUT2D eigenvalue weighted by atomic mass is 32.1. The zero-order valence-electron chi connectivity index (χ0n) is 12.1. The summed E-state index contributed by atoms with van der Waals surface area (Å²) >= 11 is 1.39. The van der Waals surface area contributed by atoms with Crippen molar-refractivity contribution in [3.8, 4) is 17.0 Å². The molecule has 0 aliphatic rings. The van der Waals surface area contributed by atoms with E-state index in [1.807, 2.05) is 36.6 Å². The minimum atomic E-state index is -0.0932. The van der Waals surface area contributed by atoms with E-state index in [1.165, 1.54) is 11.3 Å². The lowest BCUT2D eigenvalue weighted by molar-refractivity contribution is -0.117. The maximum absolute atomic E-state index is 11.7. The lowest BCUT2D eigenvalue weighted by Crippen LogP contribution is -2.13. The summed E-state index contributed by atoms with van der Waals surface area (Å²) in [5, 5.41) is 5.26. The molecular weight excluding hydrogens is 288 g/mol. The van der Waals surface area contributed by atoms with Gasteiger partial charge in [-0.25, -0.2) is 4.98 Å². The van der Waals surface area contributed by atoms with E-state index in [2.05, 4.69) is 10.3 Å². The second-order valence-corrected chi connectivity index (χ2v) is 5.09. The number of anilines is 1. The number of methoxy groups -OCH3 is 1. The molecule has 0 atom stereocenters. The Morgan fingerprint density at radius 1 is 1.38 bits per heavy atom. The molecule has 6 heteroatoms. The average molecular weight is 306 g/mol. The molecule has 0 bridgehead atoms. The van der Waals surface area contributed by atoms with Gasteiger partial charge >= 0.3 is 0 Å². The van der Waals surface area contributed by atoms with Crippen molar-refractivity contribution in [3.63, 3.8) is 0 Å². The number of hydrogen-bond acceptors (Lipinski definition) is 5. The van der Waals surface area contributed by atoms with Crippen LogP contribution in [0.4, 0.5) is 5.13 Å². The number of benzene rings is 1. The standard InChI is InChI=1S/C15H18N2O3S/c1-3-20-9-8-14(18)17-15-16-12(10-21-15)11-6-4-5-7-13(11)19-2/h4-7,10H,3,8-9H2,1-2H3,(H,16,17,18). The lowest BCUT2D eigenvalue weighted by atomic mass is 10.1. The molecule has 0 unspecified atom stereocenters. The quantitative estimate of drug-likeness (QED) is 0.798. The Balaban J connectivity index is 2.03. The SMILES string of the molecule is CCOCCC(=O)Nc1nc(-c2ccccc2OC)cs1. The zero-order valence-corrected chi connectivity index (χ0v) is 12.9. The molecule has 0 saturated heterocycles. The Bertz CT molecular complexity index is 598. The highest BCUT2D eigenvalue weighted by Crippen LogP contribution is 2.31. The Hall–Kier alpha value is -1.92. The third-order valence-electron chi connectivity index (χ3n) is 2.81. The predicted octanol–water partition coefficient (Wildman–Crippen LogP) is 3.18. The second kappa shape index (κ2) is 7.75. The largest absolute Gasteiger partial charge is 0.496 e. The highest BCUT2D eigenvalue weighted by molar-refractivity contribution is 7.14. The van der Waals surface area contributed by atoms with E-state index in [1.54, 1.807) is 7.11 Å². The molecule has 1 aromatic carbocycles. The number of aromatic nitrogens is 1. The monoisotopic (exact) mass is 306 g/mol. The van der Waals surface area contributed by atoms with Crippen LogP contribution in [0.3, 0.4) is 0 Å². The fraction of sp³-hybridized carbons (Fsp3) is 0.333. The second-order valence-electron chi connectivity index (χ2n) is 4.23. The highest BCUT2D eigenvalue weighted by Gasteiger charge is 2.11. The predicted molar refractivity (Wildman–Crippen MR) is 83.8 cm³/mol. The van der Waals surface area contributed by atoms with Crippen LogP contribution in [0.2, 0.25) is 0 Å². The minimum Gasteiger partial charge on any atom is -0.496 e. The van der Waals surface area contributed by atoms with Gasteiger partial charge in [-0.15, -0.1) is 11.3 Å². The first-order valence-corrected chi connectivity index (χ1v) is 7.59. The smallest absolute Gasteiger partial charge is 0.228 e. The molecule has 0 fully saturated rings. The number of carbonyl (C=O) groups is 1. The van der Waals surface area contributed by atoms with E-state index in [4.69, 9.17) is 9.47 Å². The zero-order chi connectivity index (χ0) is 15.1. The van der Waals surface area contributed by atoms with Crippen LogP contribution in [0.1, 0.15) is 13.3 Å². The van der Waals surface area contributed by atoms with Gasteiger partial charge in [0.1, 0.15) is 5.75 Å². The molecule has 0 aliphatic carbocycles. The van der Waals surface area contributed by atoms with Gasteiger partial charge in [0.2, 0.25) is 5.91 Å². The van der Waals surface area contributed by atoms with E-state index in [9.17, 15) is 4.79 Å². The summed E-state index contributed by atoms with van der Waals surface area (Å²) in [7, 11) is 1.63. The number of thiazole rings is 1. The summed E-state index contributed by atoms with van der Waals surface area (Å²) in [6.45, 7) is 2.94. The van der Waals surface area contributed by atoms with Gasteiger partial charge in [-0.2, -0.15) is 0 Å². The van der Waals surface area contributed by atoms with Crippen molar-refractivity contribution in [3.05, 3.63) is 29.6 Å². The number of amides is 1. The van der Waals surface area contributed by atoms with E-state index in [0.29, 0.717) is 24.8 Å². The Morgan fingerprint density at radius 2 is 2.19 bits per heavy atom. The van der Waals surface area contributed by atoms with E-state index in [-0.39, 0.29) is 5.91 Å². The van der Waals surface area contributed by atoms with Gasteiger partial charge in [0.15, 0.2) is 5.13 Å². The molecule has 0 radical (unpaired) electrons. The summed E-state index contributed by atoms with van der Waals surface area (Å²) in [5.41, 5.74) is 1.70. The third kappa shape index (κ3) is 4.27. The molecule has 0 aliphatic heterocycles. The Labute approximate surface area is 127 Å². The van der Waals surface area contributed by atoms with Crippen LogP contribution in [-0.4, -0.2) is 31.2 Å². The van der Waals surface area contributed by atoms with Crippen LogP contribution in [0.25, 0.3) is 11.3 Å². The molecule has 5 nitrogen and oxygen atoms in total. The van der Waals surface area contributed by atoms with Crippen LogP contribution < -0.4 is 10.1 Å². The van der Waals surface area contributed by atoms with E-state index in [0.717, 1.165) is 17.0 Å². The number of carbonyl (C=O) groups excluding carboxylic acids is 1. The van der Waals surface area contributed by atoms with Gasteiger partial charge in [-0.1, -0.05) is 12.1 Å². The number of para-hydroxylation sites is 1. The van der Waals surface area contributed by atoms with E-state index >= 15 is 0 Å². The third-order valence-corrected chi connectivity index (χ3v) is 3.57. The molecule has 1 amide bonds. The molecule has 1 N–H and O–H groups in total. The molecule has 0 saturated carbocycles. The van der Waals surface area contributed by atoms with Crippen LogP contribution in [-0.2, 0) is 9.53 Å². The topological polar surface area (TPSA) is 60.5 Å². The summed E-state index contributed by atoms with van der Waals surface area (Å²) in [5.74, 6) is 0.668. The summed E-state index contributed by atoms with van der Waals surface area (Å²) < 4.78 is 10.5. The fourth-order valence-corrected chi connectivity index (χ4v) is 2.53. The van der Waals surface area contributed by atoms with Crippen molar-refractivity contribution < 1.29 is 14.3 Å². The Morgan fingerprint density at radius 3 is 2.95 bits per heavy atom. The first-order chi connectivity index (χ1) is 10.2. The van der Waals surface area contributed by atoms with Crippen molar-refractivity contribution >= 4 is 22.4 Å². The number of nitrogens with one attached hydrogen (secondary N) is 1. The van der Waals surface area contributed by atoms with Gasteiger partial charge in [0.05, 0.1) is 25.8 Å². The van der Waals surface area contributed by atoms with Gasteiger partial charge in [0.25, 0.3) is 0 Å². The normalized spacial score (nSPS) is 10.4. The molecule has 1 aromatic heterocycles. The lowest BCUT2D eigenvalue weighted by Gasteiger charge is -2.05. The fourth-order valence-electron chi connectivity index (χ4n) is 1.80. The molecule has 112 valence electrons. The minimum absolute atomic E-state index is 0.0932. The maximum Gasteiger partial charge on any atom is 0.228 e. The first-order valence-electron chi connectivity index (χ1n) is 6.71. The van der Waals surface area contributed by atoms with Crippen LogP contribution in [0.5, 0.6) is 5.75 Å². The van der Waals surface area contributed by atoms with Crippen LogP contribution in [0.15, 0.2) is 29.6 Å². The molecule has 2 aromatic rings. The molecular formula is C15H18N2O3S. The molecule has 2 rings (SSSR count). The number of hydrogen-bond donors (Lipinski definition) is 1. The summed E-state index contributed by atoms with van der Waals surface area (Å²) in [4.78, 5) is 16.1. The number of nitrogens with zero attached hydrogens (tertiary/aromatic N) is 1. The average Bonchev–Trinajstić information content (AvgIpc) is 2.95. The van der Waals surface area contributed by atoms with Crippen LogP contribution in [0, 0.1) is 0 Å². The summed E-state index contributed by atoms with van der Waals surface area (Å²) in [6, 6.07) is 7.66. The van der Waals surface area contributed by atoms with Crippen molar-refractivity contribution in [2.45, 2.75) is 13.3 Å². The maximum atomic E-state index is 11.7. The molecule has 0 spiro atoms. The summed E-state index contributed by atoms with van der Waals surface area (Å²) in [6.07, 6.45) is 0.331. The Kier molecular flexibility index (Phi) is 5.71. The van der Waals surface area contributed by atoms with Gasteiger partial charge in [0, 0.05) is 17.6 Å². The van der Waals surface area contributed by atoms with Crippen molar-refractivity contribution in [2.75, 3.05) is 25.6 Å². The van der Waals surface area contributed by atoms with E-state index < -0.39 is 0 Å². The van der Waals surface area contributed by atoms with Crippen molar-refractivity contribution in [1.29, 1.82) is 0 Å². The van der Waals surface area contributed by atoms with Crippen molar-refractivity contribution in [2.24, 2.45) is 0 Å². The van der Waals surface area contributed by atoms with Gasteiger partial charge < -0.3 is 14.8 Å². The molecule has 21 heavy (non-hydrogen) atoms. The molecule has 1 heterocycles. The van der Waals surface area contributed by atoms with Crippen molar-refractivity contribution in [1.82, 2.24) is 4.98 Å². The number of rotatable bonds is 7. The van der Waals surface area contributed by atoms with Crippen LogP contribution >= 0.6 is 11.3 Å². The number of ether oxygens (including phenoxy) is 2.